The molecule has 4 rings (SSSR count). The molecule has 2 heterocycles. The van der Waals surface area contributed by atoms with Crippen molar-refractivity contribution in [3.8, 4) is 5.88 Å². The number of Topliss-reactive ketones (excluding diaryl/α,β-unsaturated/α-hetero) is 3. The summed E-state index contributed by atoms with van der Waals surface area (Å²) < 4.78 is 31.7. The molecule has 2 aliphatic rings. The Kier molecular flexibility index (Phi) is 5.47. The number of fused-ring (bicyclic) bond motifs is 1. The van der Waals surface area contributed by atoms with E-state index in [2.05, 4.69) is 9.97 Å². The molecule has 0 N–H and O–H groups in total. The summed E-state index contributed by atoms with van der Waals surface area (Å²) in [6, 6.07) is 1.48. The van der Waals surface area contributed by atoms with Gasteiger partial charge >= 0.3 is 0 Å². The molecule has 0 saturated heterocycles. The number of carbonyl (C=O) groups excluding carboxylic acids is 3. The fraction of sp³-hybridized carbons (Fsp3) is 0.409. The quantitative estimate of drug-likeness (QED) is 0.523. The molecule has 1 fully saturated rings. The number of rotatable bonds is 4. The molecule has 1 saturated carbocycles. The Bertz CT molecular complexity index is 1170. The number of carbonyl (C=O) groups is 3. The van der Waals surface area contributed by atoms with Crippen molar-refractivity contribution in [2.45, 2.75) is 50.5 Å². The van der Waals surface area contributed by atoms with E-state index in [9.17, 15) is 22.8 Å². The second-order valence-corrected chi connectivity index (χ2v) is 10.00. The highest BCUT2D eigenvalue weighted by Gasteiger charge is 2.40. The maximum atomic E-state index is 13.3. The van der Waals surface area contributed by atoms with Crippen LogP contribution in [0.5, 0.6) is 5.88 Å². The summed E-state index contributed by atoms with van der Waals surface area (Å²) in [5, 5.41) is 0. The highest BCUT2D eigenvalue weighted by molar-refractivity contribution is 7.91. The number of aromatic nitrogens is 2. The lowest BCUT2D eigenvalue weighted by atomic mass is 9.79. The minimum Gasteiger partial charge on any atom is -0.468 e. The number of aryl methyl sites for hydroxylation is 1. The molecule has 9 heteroatoms. The fourth-order valence-electron chi connectivity index (χ4n) is 4.45. The van der Waals surface area contributed by atoms with Crippen LogP contribution in [0, 0.1) is 19.8 Å². The zero-order valence-electron chi connectivity index (χ0n) is 17.3. The predicted octanol–water partition coefficient (Wildman–Crippen LogP) is 2.51. The molecule has 2 aromatic rings. The van der Waals surface area contributed by atoms with Crippen LogP contribution in [0.15, 0.2) is 29.6 Å². The molecule has 1 atom stereocenters. The Balaban J connectivity index is 1.84. The van der Waals surface area contributed by atoms with E-state index in [-0.39, 0.29) is 52.9 Å². The molecule has 0 amide bonds. The van der Waals surface area contributed by atoms with Crippen LogP contribution in [0.4, 0.5) is 0 Å². The van der Waals surface area contributed by atoms with Crippen molar-refractivity contribution >= 4 is 27.2 Å². The van der Waals surface area contributed by atoms with Gasteiger partial charge in [0.15, 0.2) is 27.2 Å². The van der Waals surface area contributed by atoms with E-state index >= 15 is 0 Å². The van der Waals surface area contributed by atoms with E-state index in [0.717, 1.165) is 0 Å². The third-order valence-corrected chi connectivity index (χ3v) is 7.81. The standard InChI is InChI=1S/C22H22N2O6S/c1-12-10-14(21(27)20-15(25)4-3-5-16(20)26)13(2)19-17(6-9-31(28,29)22(12)19)30-18-11-23-7-8-24-18/h7-8,10-11,17,20H,3-6,9H2,1-2H3. The van der Waals surface area contributed by atoms with Crippen molar-refractivity contribution in [1.82, 2.24) is 9.97 Å². The van der Waals surface area contributed by atoms with Gasteiger partial charge in [-0.15, -0.1) is 0 Å². The summed E-state index contributed by atoms with van der Waals surface area (Å²) >= 11 is 0. The fourth-order valence-corrected chi connectivity index (χ4v) is 6.34. The third-order valence-electron chi connectivity index (χ3n) is 5.87. The molecule has 31 heavy (non-hydrogen) atoms. The van der Waals surface area contributed by atoms with Gasteiger partial charge in [0.25, 0.3) is 0 Å². The number of benzene rings is 1. The first kappa shape index (κ1) is 21.3. The van der Waals surface area contributed by atoms with Crippen molar-refractivity contribution in [1.29, 1.82) is 0 Å². The lowest BCUT2D eigenvalue weighted by Gasteiger charge is -2.30. The molecule has 0 radical (unpaired) electrons. The molecular weight excluding hydrogens is 420 g/mol. The van der Waals surface area contributed by atoms with Crippen LogP contribution < -0.4 is 4.74 Å². The second kappa shape index (κ2) is 7.96. The molecule has 1 aromatic carbocycles. The zero-order valence-corrected chi connectivity index (χ0v) is 18.1. The molecule has 1 unspecified atom stereocenters. The minimum absolute atomic E-state index is 0.0991. The Labute approximate surface area is 180 Å². The van der Waals surface area contributed by atoms with Crippen LogP contribution in [0.2, 0.25) is 0 Å². The molecule has 1 aliphatic carbocycles. The first-order valence-corrected chi connectivity index (χ1v) is 11.7. The Hall–Kier alpha value is -2.94. The van der Waals surface area contributed by atoms with Crippen LogP contribution in [0.25, 0.3) is 0 Å². The summed E-state index contributed by atoms with van der Waals surface area (Å²) in [4.78, 5) is 46.1. The average Bonchev–Trinajstić information content (AvgIpc) is 2.72. The van der Waals surface area contributed by atoms with Crippen LogP contribution in [-0.4, -0.2) is 41.5 Å². The van der Waals surface area contributed by atoms with Crippen molar-refractivity contribution in [2.75, 3.05) is 5.75 Å². The lowest BCUT2D eigenvalue weighted by Crippen LogP contribution is -2.36. The minimum atomic E-state index is -3.57. The molecule has 0 spiro atoms. The van der Waals surface area contributed by atoms with Gasteiger partial charge in [-0.1, -0.05) is 0 Å². The largest absolute Gasteiger partial charge is 0.468 e. The Morgan fingerprint density at radius 3 is 2.48 bits per heavy atom. The molecule has 1 aromatic heterocycles. The third kappa shape index (κ3) is 3.78. The van der Waals surface area contributed by atoms with E-state index in [4.69, 9.17) is 4.74 Å². The molecule has 1 aliphatic heterocycles. The number of hydrogen-bond donors (Lipinski definition) is 0. The van der Waals surface area contributed by atoms with Gasteiger partial charge in [0.2, 0.25) is 5.88 Å². The van der Waals surface area contributed by atoms with Crippen LogP contribution in [0.3, 0.4) is 0 Å². The normalized spacial score (nSPS) is 20.9. The predicted molar refractivity (Wildman–Crippen MR) is 110 cm³/mol. The van der Waals surface area contributed by atoms with Gasteiger partial charge in [0.1, 0.15) is 12.0 Å². The topological polar surface area (TPSA) is 120 Å². The van der Waals surface area contributed by atoms with Gasteiger partial charge < -0.3 is 4.74 Å². The van der Waals surface area contributed by atoms with Crippen molar-refractivity contribution < 1.29 is 27.5 Å². The second-order valence-electron chi connectivity index (χ2n) is 7.95. The molecule has 8 nitrogen and oxygen atoms in total. The van der Waals surface area contributed by atoms with Crippen LogP contribution in [0.1, 0.15) is 58.8 Å². The molecule has 162 valence electrons. The monoisotopic (exact) mass is 442 g/mol. The summed E-state index contributed by atoms with van der Waals surface area (Å²) in [6.07, 6.45) is 4.76. The van der Waals surface area contributed by atoms with E-state index in [1.807, 2.05) is 0 Å². The van der Waals surface area contributed by atoms with Crippen LogP contribution >= 0.6 is 0 Å². The van der Waals surface area contributed by atoms with E-state index in [0.29, 0.717) is 23.1 Å². The zero-order chi connectivity index (χ0) is 22.3. The smallest absolute Gasteiger partial charge is 0.232 e. The highest BCUT2D eigenvalue weighted by atomic mass is 32.2. The summed E-state index contributed by atoms with van der Waals surface area (Å²) in [5.74, 6) is -2.50. The summed E-state index contributed by atoms with van der Waals surface area (Å²) in [7, 11) is -3.57. The number of ketones is 3. The number of nitrogens with zero attached hydrogens (tertiary/aromatic N) is 2. The Morgan fingerprint density at radius 1 is 1.13 bits per heavy atom. The first-order valence-electron chi connectivity index (χ1n) is 10.1. The van der Waals surface area contributed by atoms with E-state index < -0.39 is 27.6 Å². The van der Waals surface area contributed by atoms with Gasteiger partial charge in [-0.2, -0.15) is 0 Å². The van der Waals surface area contributed by atoms with Gasteiger partial charge in [0.05, 0.1) is 16.8 Å². The number of hydrogen-bond acceptors (Lipinski definition) is 8. The summed E-state index contributed by atoms with van der Waals surface area (Å²) in [6.45, 7) is 3.25. The van der Waals surface area contributed by atoms with Gasteiger partial charge in [-0.25, -0.2) is 13.4 Å². The number of sulfone groups is 1. The lowest BCUT2D eigenvalue weighted by molar-refractivity contribution is -0.133. The Morgan fingerprint density at radius 2 is 1.84 bits per heavy atom. The van der Waals surface area contributed by atoms with Gasteiger partial charge in [0, 0.05) is 42.8 Å². The maximum Gasteiger partial charge on any atom is 0.232 e. The highest BCUT2D eigenvalue weighted by Crippen LogP contribution is 2.41. The van der Waals surface area contributed by atoms with E-state index in [1.54, 1.807) is 13.8 Å². The SMILES string of the molecule is Cc1cc(C(=O)C2C(=O)CCCC2=O)c(C)c2c1S(=O)(=O)CCC2Oc1cnccn1. The van der Waals surface area contributed by atoms with Crippen molar-refractivity contribution in [3.05, 3.63) is 46.9 Å². The van der Waals surface area contributed by atoms with Gasteiger partial charge in [-0.3, -0.25) is 19.4 Å². The number of ether oxygens (including phenoxy) is 1. The van der Waals surface area contributed by atoms with Crippen molar-refractivity contribution in [3.63, 3.8) is 0 Å². The molecular formula is C22H22N2O6S. The molecule has 0 bridgehead atoms. The van der Waals surface area contributed by atoms with Crippen LogP contribution in [-0.2, 0) is 19.4 Å². The first-order chi connectivity index (χ1) is 14.7. The van der Waals surface area contributed by atoms with Crippen molar-refractivity contribution in [2.24, 2.45) is 5.92 Å². The summed E-state index contributed by atoms with van der Waals surface area (Å²) in [5.41, 5.74) is 1.38. The maximum absolute atomic E-state index is 13.3. The average molecular weight is 442 g/mol. The van der Waals surface area contributed by atoms with Gasteiger partial charge in [-0.05, 0) is 37.5 Å². The van der Waals surface area contributed by atoms with E-state index in [1.165, 1.54) is 24.7 Å².